The maximum atomic E-state index is 11.0. The fourth-order valence-electron chi connectivity index (χ4n) is 2.83. The van der Waals surface area contributed by atoms with E-state index in [9.17, 15) is 14.9 Å². The summed E-state index contributed by atoms with van der Waals surface area (Å²) in [5.74, 6) is 0. The smallest absolute Gasteiger partial charge is 0.229 e. The molecule has 5 heteroatoms. The lowest BCUT2D eigenvalue weighted by Crippen LogP contribution is -2.20. The summed E-state index contributed by atoms with van der Waals surface area (Å²) < 4.78 is 0. The van der Waals surface area contributed by atoms with Crippen molar-refractivity contribution in [3.63, 3.8) is 0 Å². The first-order valence-corrected chi connectivity index (χ1v) is 9.31. The maximum Gasteiger partial charge on any atom is 0.229 e. The van der Waals surface area contributed by atoms with Crippen LogP contribution in [0.25, 0.3) is 0 Å². The summed E-state index contributed by atoms with van der Waals surface area (Å²) in [7, 11) is 0. The van der Waals surface area contributed by atoms with Crippen LogP contribution in [0.5, 0.6) is 0 Å². The molecule has 2 atom stereocenters. The van der Waals surface area contributed by atoms with E-state index in [0.717, 1.165) is 19.3 Å². The fraction of sp³-hybridized carbons (Fsp3) is 0.944. The van der Waals surface area contributed by atoms with Crippen LogP contribution in [0.15, 0.2) is 0 Å². The molecule has 0 amide bonds. The van der Waals surface area contributed by atoms with Gasteiger partial charge in [0.1, 0.15) is 6.10 Å². The molecule has 0 bridgehead atoms. The van der Waals surface area contributed by atoms with E-state index in [1.807, 2.05) is 0 Å². The highest BCUT2D eigenvalue weighted by atomic mass is 16.6. The maximum absolute atomic E-state index is 11.0. The van der Waals surface area contributed by atoms with Crippen LogP contribution in [-0.2, 0) is 4.79 Å². The van der Waals surface area contributed by atoms with E-state index >= 15 is 0 Å². The number of aliphatic hydroxyl groups is 1. The zero-order valence-corrected chi connectivity index (χ0v) is 14.7. The molecule has 5 nitrogen and oxygen atoms in total. The summed E-state index contributed by atoms with van der Waals surface area (Å²) in [6.07, 6.45) is 14.4. The van der Waals surface area contributed by atoms with Crippen LogP contribution in [0, 0.1) is 10.1 Å². The zero-order chi connectivity index (χ0) is 17.3. The van der Waals surface area contributed by atoms with Crippen LogP contribution in [0.2, 0.25) is 0 Å². The van der Waals surface area contributed by atoms with Crippen molar-refractivity contribution in [1.82, 2.24) is 0 Å². The number of carbonyl (C=O) groups excluding carboxylic acids is 1. The molecule has 0 aliphatic carbocycles. The standard InChI is InChI=1S/C18H34NO4/c1-2-3-4-5-6-7-8-9-10-11-13-17(19(22)23)14-12-15-18(21)16-20/h17-18,21H,2-15H2,1H3. The predicted molar refractivity (Wildman–Crippen MR) is 92.8 cm³/mol. The molecule has 0 aromatic heterocycles. The lowest BCUT2D eigenvalue weighted by Gasteiger charge is -2.10. The Morgan fingerprint density at radius 1 is 0.870 bits per heavy atom. The fourth-order valence-corrected chi connectivity index (χ4v) is 2.83. The van der Waals surface area contributed by atoms with Gasteiger partial charge < -0.3 is 5.11 Å². The summed E-state index contributed by atoms with van der Waals surface area (Å²) in [6.45, 7) is 2.22. The van der Waals surface area contributed by atoms with Gasteiger partial charge in [0, 0.05) is 17.8 Å². The second-order valence-corrected chi connectivity index (χ2v) is 6.47. The van der Waals surface area contributed by atoms with Gasteiger partial charge in [-0.25, -0.2) is 0 Å². The van der Waals surface area contributed by atoms with Gasteiger partial charge in [-0.05, 0) is 19.3 Å². The Labute approximate surface area is 141 Å². The Bertz CT molecular complexity index is 297. The molecule has 23 heavy (non-hydrogen) atoms. The van der Waals surface area contributed by atoms with E-state index in [2.05, 4.69) is 6.92 Å². The molecule has 0 aliphatic heterocycles. The highest BCUT2D eigenvalue weighted by molar-refractivity contribution is 5.56. The first-order valence-electron chi connectivity index (χ1n) is 9.31. The van der Waals surface area contributed by atoms with E-state index in [4.69, 9.17) is 5.11 Å². The van der Waals surface area contributed by atoms with E-state index in [1.54, 1.807) is 0 Å². The third-order valence-corrected chi connectivity index (χ3v) is 4.34. The van der Waals surface area contributed by atoms with Crippen LogP contribution >= 0.6 is 0 Å². The monoisotopic (exact) mass is 328 g/mol. The molecule has 0 heterocycles. The SMILES string of the molecule is CCCCCCCCCCCCC(CCCC(O)[C]=O)[N+](=O)[O-]. The molecule has 0 aromatic carbocycles. The molecule has 0 rings (SSSR count). The van der Waals surface area contributed by atoms with Gasteiger partial charge in [0.25, 0.3) is 0 Å². The average Bonchev–Trinajstić information content (AvgIpc) is 2.54. The minimum Gasteiger partial charge on any atom is -0.385 e. The molecule has 0 spiro atoms. The molecule has 0 saturated carbocycles. The molecule has 0 saturated heterocycles. The molecule has 2 unspecified atom stereocenters. The van der Waals surface area contributed by atoms with Gasteiger partial charge in [-0.2, -0.15) is 0 Å². The highest BCUT2D eigenvalue weighted by Crippen LogP contribution is 2.15. The van der Waals surface area contributed by atoms with Crippen molar-refractivity contribution in [2.45, 2.75) is 109 Å². The van der Waals surface area contributed by atoms with E-state index in [0.29, 0.717) is 19.3 Å². The predicted octanol–water partition coefficient (Wildman–Crippen LogP) is 4.58. The number of nitro groups is 1. The first kappa shape index (κ1) is 22.0. The number of hydrogen-bond acceptors (Lipinski definition) is 4. The molecule has 1 N–H and O–H groups in total. The van der Waals surface area contributed by atoms with Crippen LogP contribution in [0.3, 0.4) is 0 Å². The summed E-state index contributed by atoms with van der Waals surface area (Å²) in [4.78, 5) is 21.0. The third kappa shape index (κ3) is 14.4. The Balaban J connectivity index is 3.54. The van der Waals surface area contributed by atoms with Gasteiger partial charge in [-0.15, -0.1) is 0 Å². The lowest BCUT2D eigenvalue weighted by atomic mass is 10.0. The van der Waals surface area contributed by atoms with Crippen LogP contribution in [-0.4, -0.2) is 28.5 Å². The molecule has 0 fully saturated rings. The van der Waals surface area contributed by atoms with Crippen molar-refractivity contribution in [2.75, 3.05) is 0 Å². The van der Waals surface area contributed by atoms with Crippen molar-refractivity contribution in [1.29, 1.82) is 0 Å². The summed E-state index contributed by atoms with van der Waals surface area (Å²) >= 11 is 0. The highest BCUT2D eigenvalue weighted by Gasteiger charge is 2.19. The van der Waals surface area contributed by atoms with Crippen LogP contribution in [0.1, 0.15) is 96.8 Å². The Hall–Kier alpha value is -0.970. The van der Waals surface area contributed by atoms with Crippen LogP contribution in [0.4, 0.5) is 0 Å². The quantitative estimate of drug-likeness (QED) is 0.241. The van der Waals surface area contributed by atoms with E-state index in [-0.39, 0.29) is 11.3 Å². The molecular weight excluding hydrogens is 294 g/mol. The van der Waals surface area contributed by atoms with Crippen molar-refractivity contribution in [3.8, 4) is 0 Å². The van der Waals surface area contributed by atoms with Crippen molar-refractivity contribution in [2.24, 2.45) is 0 Å². The Morgan fingerprint density at radius 3 is 1.83 bits per heavy atom. The number of nitrogens with zero attached hydrogens (tertiary/aromatic N) is 1. The van der Waals surface area contributed by atoms with Gasteiger partial charge in [0.15, 0.2) is 0 Å². The molecular formula is C18H34NO4. The number of hydrogen-bond donors (Lipinski definition) is 1. The van der Waals surface area contributed by atoms with Gasteiger partial charge in [0.05, 0.1) is 0 Å². The van der Waals surface area contributed by atoms with Gasteiger partial charge in [-0.3, -0.25) is 14.9 Å². The minimum atomic E-state index is -1.10. The molecule has 1 radical (unpaired) electrons. The lowest BCUT2D eigenvalue weighted by molar-refractivity contribution is -0.524. The molecule has 135 valence electrons. The van der Waals surface area contributed by atoms with Crippen molar-refractivity contribution >= 4 is 6.29 Å². The second-order valence-electron chi connectivity index (χ2n) is 6.47. The number of unbranched alkanes of at least 4 members (excludes halogenated alkanes) is 9. The first-order chi connectivity index (χ1) is 11.1. The minimum absolute atomic E-state index is 0.218. The topological polar surface area (TPSA) is 80.4 Å². The summed E-state index contributed by atoms with van der Waals surface area (Å²) in [5.41, 5.74) is 0. The van der Waals surface area contributed by atoms with Gasteiger partial charge >= 0.3 is 0 Å². The number of rotatable bonds is 17. The van der Waals surface area contributed by atoms with Gasteiger partial charge in [-0.1, -0.05) is 64.7 Å². The molecule has 0 aromatic rings. The summed E-state index contributed by atoms with van der Waals surface area (Å²) in [5, 5.41) is 20.1. The number of aliphatic hydroxyl groups excluding tert-OH is 1. The summed E-state index contributed by atoms with van der Waals surface area (Å²) in [6, 6.07) is -0.539. The van der Waals surface area contributed by atoms with E-state index in [1.165, 1.54) is 51.2 Å². The normalized spacial score (nSPS) is 13.7. The Morgan fingerprint density at radius 2 is 1.35 bits per heavy atom. The van der Waals surface area contributed by atoms with Crippen molar-refractivity contribution in [3.05, 3.63) is 10.1 Å². The zero-order valence-electron chi connectivity index (χ0n) is 14.7. The molecule has 0 aliphatic rings. The van der Waals surface area contributed by atoms with E-state index < -0.39 is 12.1 Å². The Kier molecular flexibility index (Phi) is 15.2. The largest absolute Gasteiger partial charge is 0.385 e. The third-order valence-electron chi connectivity index (χ3n) is 4.34. The van der Waals surface area contributed by atoms with Gasteiger partial charge in [0.2, 0.25) is 12.3 Å². The average molecular weight is 328 g/mol. The van der Waals surface area contributed by atoms with Crippen molar-refractivity contribution < 1.29 is 14.8 Å². The second kappa shape index (κ2) is 15.9. The van der Waals surface area contributed by atoms with Crippen LogP contribution < -0.4 is 0 Å².